The third-order valence-electron chi connectivity index (χ3n) is 4.63. The number of H-pyrrole nitrogens is 1. The average Bonchev–Trinajstić information content (AvgIpc) is 2.72. The second-order valence-electron chi connectivity index (χ2n) is 6.78. The summed E-state index contributed by atoms with van der Waals surface area (Å²) in [6, 6.07) is 3.27. The lowest BCUT2D eigenvalue weighted by Gasteiger charge is -2.21. The van der Waals surface area contributed by atoms with Gasteiger partial charge in [0.1, 0.15) is 12.1 Å². The molecule has 3 amide bonds. The Hall–Kier alpha value is -3.28. The van der Waals surface area contributed by atoms with E-state index >= 15 is 0 Å². The van der Waals surface area contributed by atoms with Gasteiger partial charge in [0.05, 0.1) is 10.9 Å². The number of hydrogen-bond donors (Lipinski definition) is 5. The van der Waals surface area contributed by atoms with E-state index in [9.17, 15) is 29.1 Å². The molecular weight excluding hydrogens is 426 g/mol. The van der Waals surface area contributed by atoms with Gasteiger partial charge in [-0.25, -0.2) is 19.0 Å². The van der Waals surface area contributed by atoms with Crippen molar-refractivity contribution in [3.8, 4) is 0 Å². The molecule has 12 heteroatoms. The summed E-state index contributed by atoms with van der Waals surface area (Å²) >= 11 is 1.43. The van der Waals surface area contributed by atoms with Crippen LogP contribution in [0.5, 0.6) is 0 Å². The van der Waals surface area contributed by atoms with Crippen LogP contribution < -0.4 is 27.6 Å². The Kier molecular flexibility index (Phi) is 8.67. The summed E-state index contributed by atoms with van der Waals surface area (Å²) in [7, 11) is 0. The molecule has 0 fully saturated rings. The topological polar surface area (TPSA) is 176 Å². The van der Waals surface area contributed by atoms with Crippen LogP contribution in [0.15, 0.2) is 33.9 Å². The number of fused-ring (bicyclic) bond motifs is 1. The van der Waals surface area contributed by atoms with Crippen molar-refractivity contribution in [1.29, 1.82) is 0 Å². The van der Waals surface area contributed by atoms with E-state index in [2.05, 4.69) is 15.6 Å². The summed E-state index contributed by atoms with van der Waals surface area (Å²) in [4.78, 5) is 63.4. The lowest BCUT2D eigenvalue weighted by molar-refractivity contribution is -0.142. The lowest BCUT2D eigenvalue weighted by atomic mass is 10.1. The first-order valence-electron chi connectivity index (χ1n) is 9.55. The van der Waals surface area contributed by atoms with Gasteiger partial charge in [0, 0.05) is 6.54 Å². The molecule has 2 aromatic rings. The van der Waals surface area contributed by atoms with Crippen molar-refractivity contribution in [3.05, 3.63) is 45.1 Å². The van der Waals surface area contributed by atoms with Gasteiger partial charge in [-0.3, -0.25) is 9.59 Å². The Balaban J connectivity index is 2.31. The van der Waals surface area contributed by atoms with Crippen LogP contribution in [0.2, 0.25) is 0 Å². The van der Waals surface area contributed by atoms with Gasteiger partial charge in [-0.1, -0.05) is 12.1 Å². The molecule has 0 saturated heterocycles. The summed E-state index contributed by atoms with van der Waals surface area (Å²) in [5, 5.41) is 14.4. The summed E-state index contributed by atoms with van der Waals surface area (Å²) in [6.07, 6.45) is 2.25. The van der Waals surface area contributed by atoms with Crippen LogP contribution in [0.4, 0.5) is 4.79 Å². The zero-order valence-corrected chi connectivity index (χ0v) is 17.7. The van der Waals surface area contributed by atoms with Crippen molar-refractivity contribution >= 4 is 40.6 Å². The molecule has 2 unspecified atom stereocenters. The van der Waals surface area contributed by atoms with Crippen LogP contribution in [0.1, 0.15) is 25.3 Å². The third-order valence-corrected chi connectivity index (χ3v) is 5.27. The molecule has 168 valence electrons. The van der Waals surface area contributed by atoms with E-state index in [0.717, 1.165) is 4.57 Å². The van der Waals surface area contributed by atoms with Crippen molar-refractivity contribution in [3.63, 3.8) is 0 Å². The van der Waals surface area contributed by atoms with E-state index in [1.54, 1.807) is 24.3 Å². The van der Waals surface area contributed by atoms with Gasteiger partial charge in [0.2, 0.25) is 5.91 Å². The predicted octanol–water partition coefficient (Wildman–Crippen LogP) is 0.00190. The molecule has 2 atom stereocenters. The summed E-state index contributed by atoms with van der Waals surface area (Å²) in [6.45, 7) is 0.148. The molecule has 2 rings (SSSR count). The zero-order chi connectivity index (χ0) is 23.0. The van der Waals surface area contributed by atoms with Gasteiger partial charge < -0.3 is 26.5 Å². The largest absolute Gasteiger partial charge is 0.480 e. The minimum Gasteiger partial charge on any atom is -0.480 e. The first-order chi connectivity index (χ1) is 14.8. The van der Waals surface area contributed by atoms with Crippen molar-refractivity contribution in [2.24, 2.45) is 5.73 Å². The molecule has 1 aromatic heterocycles. The minimum absolute atomic E-state index is 0.0274. The molecule has 0 aliphatic rings. The normalized spacial score (nSPS) is 12.8. The number of amides is 3. The maximum Gasteiger partial charge on any atom is 0.329 e. The Morgan fingerprint density at radius 2 is 1.94 bits per heavy atom. The van der Waals surface area contributed by atoms with Crippen LogP contribution in [0.3, 0.4) is 0 Å². The number of carboxylic acid groups (broad SMARTS) is 1. The van der Waals surface area contributed by atoms with Crippen LogP contribution in [-0.4, -0.2) is 57.2 Å². The fraction of sp³-hybridized carbons (Fsp3) is 0.421. The number of thioether (sulfide) groups is 1. The average molecular weight is 452 g/mol. The highest BCUT2D eigenvalue weighted by molar-refractivity contribution is 7.98. The quantitative estimate of drug-likeness (QED) is 0.299. The Labute approximate surface area is 181 Å². The second kappa shape index (κ2) is 11.2. The standard InChI is InChI=1S/C19H25N5O6S/c1-31-10-8-14(15(25)22-13(17(27)28)7-4-9-21-18(20)29)24-16(26)11-5-2-3-6-12(11)23-19(24)30/h2-3,5-6,13-14H,4,7-10H2,1H3,(H,22,25)(H,23,30)(H,27,28)(H3,20,21,29). The number of carbonyl (C=O) groups excluding carboxylic acids is 2. The van der Waals surface area contributed by atoms with Crippen LogP contribution in [0, 0.1) is 0 Å². The number of nitrogens with one attached hydrogen (secondary N) is 3. The van der Waals surface area contributed by atoms with E-state index < -0.39 is 41.2 Å². The van der Waals surface area contributed by atoms with Crippen molar-refractivity contribution in [2.45, 2.75) is 31.3 Å². The maximum atomic E-state index is 13.0. The lowest BCUT2D eigenvalue weighted by Crippen LogP contribution is -2.49. The first-order valence-corrected chi connectivity index (χ1v) is 10.9. The summed E-state index contributed by atoms with van der Waals surface area (Å²) < 4.78 is 0.835. The number of nitrogens with zero attached hydrogens (tertiary/aromatic N) is 1. The van der Waals surface area contributed by atoms with Gasteiger partial charge in [-0.2, -0.15) is 11.8 Å². The highest BCUT2D eigenvalue weighted by atomic mass is 32.2. The fourth-order valence-corrected chi connectivity index (χ4v) is 3.57. The molecule has 1 heterocycles. The van der Waals surface area contributed by atoms with Crippen molar-refractivity contribution in [1.82, 2.24) is 20.2 Å². The Morgan fingerprint density at radius 3 is 2.58 bits per heavy atom. The van der Waals surface area contributed by atoms with E-state index in [0.29, 0.717) is 11.3 Å². The number of urea groups is 1. The number of para-hydroxylation sites is 1. The van der Waals surface area contributed by atoms with E-state index in [1.165, 1.54) is 11.8 Å². The third kappa shape index (κ3) is 6.35. The molecule has 31 heavy (non-hydrogen) atoms. The van der Waals surface area contributed by atoms with Gasteiger partial charge in [0.15, 0.2) is 0 Å². The summed E-state index contributed by atoms with van der Waals surface area (Å²) in [5.74, 6) is -1.54. The predicted molar refractivity (Wildman–Crippen MR) is 117 cm³/mol. The highest BCUT2D eigenvalue weighted by Gasteiger charge is 2.28. The number of nitrogens with two attached hydrogens (primary N) is 1. The highest BCUT2D eigenvalue weighted by Crippen LogP contribution is 2.14. The SMILES string of the molecule is CSCCC(C(=O)NC(CCCNC(N)=O)C(=O)O)n1c(=O)[nH]c2ccccc2c1=O. The van der Waals surface area contributed by atoms with Gasteiger partial charge in [0.25, 0.3) is 5.56 Å². The zero-order valence-electron chi connectivity index (χ0n) is 16.9. The van der Waals surface area contributed by atoms with E-state index in [1.807, 2.05) is 6.26 Å². The molecule has 0 aliphatic carbocycles. The molecule has 0 aliphatic heterocycles. The van der Waals surface area contributed by atoms with Crippen molar-refractivity contribution < 1.29 is 19.5 Å². The fourth-order valence-electron chi connectivity index (χ4n) is 3.11. The first kappa shape index (κ1) is 24.0. The number of aliphatic carboxylic acids is 1. The maximum absolute atomic E-state index is 13.0. The molecule has 0 bridgehead atoms. The number of primary amides is 1. The number of aromatic amines is 1. The van der Waals surface area contributed by atoms with Crippen LogP contribution >= 0.6 is 11.8 Å². The molecule has 0 radical (unpaired) electrons. The van der Waals surface area contributed by atoms with Gasteiger partial charge >= 0.3 is 17.7 Å². The molecule has 11 nitrogen and oxygen atoms in total. The number of aromatic nitrogens is 2. The smallest absolute Gasteiger partial charge is 0.329 e. The molecule has 0 saturated carbocycles. The van der Waals surface area contributed by atoms with Gasteiger partial charge in [-0.05, 0) is 43.4 Å². The van der Waals surface area contributed by atoms with E-state index in [4.69, 9.17) is 5.73 Å². The number of benzene rings is 1. The monoisotopic (exact) mass is 451 g/mol. The number of rotatable bonds is 11. The molecular formula is C19H25N5O6S. The number of hydrogen-bond acceptors (Lipinski definition) is 6. The number of carboxylic acids is 1. The van der Waals surface area contributed by atoms with E-state index in [-0.39, 0.29) is 31.2 Å². The van der Waals surface area contributed by atoms with Crippen LogP contribution in [0.25, 0.3) is 10.9 Å². The molecule has 0 spiro atoms. The van der Waals surface area contributed by atoms with Gasteiger partial charge in [-0.15, -0.1) is 0 Å². The summed E-state index contributed by atoms with van der Waals surface area (Å²) in [5.41, 5.74) is 3.94. The van der Waals surface area contributed by atoms with Crippen LogP contribution in [-0.2, 0) is 9.59 Å². The molecule has 1 aromatic carbocycles. The number of carbonyl (C=O) groups is 3. The molecule has 6 N–H and O–H groups in total. The Bertz CT molecular complexity index is 1070. The second-order valence-corrected chi connectivity index (χ2v) is 7.77. The Morgan fingerprint density at radius 1 is 1.23 bits per heavy atom. The van der Waals surface area contributed by atoms with Crippen molar-refractivity contribution in [2.75, 3.05) is 18.6 Å². The minimum atomic E-state index is -1.27.